The van der Waals surface area contributed by atoms with E-state index in [-0.39, 0.29) is 11.6 Å². The Bertz CT molecular complexity index is 1120. The van der Waals surface area contributed by atoms with E-state index in [1.54, 1.807) is 40.9 Å². The van der Waals surface area contributed by atoms with Crippen molar-refractivity contribution in [3.05, 3.63) is 82.5 Å². The van der Waals surface area contributed by atoms with Gasteiger partial charge in [-0.05, 0) is 36.8 Å². The Hall–Kier alpha value is -3.33. The molecular weight excluding hydrogens is 422 g/mol. The number of hydrogen-bond donors (Lipinski definition) is 1. The first-order valence-electron chi connectivity index (χ1n) is 8.52. The minimum absolute atomic E-state index is 0.252. The summed E-state index contributed by atoms with van der Waals surface area (Å²) in [7, 11) is 0. The Morgan fingerprint density at radius 3 is 2.89 bits per heavy atom. The fourth-order valence-electron chi connectivity index (χ4n) is 2.76. The Balaban J connectivity index is 1.49. The number of nitrogens with one attached hydrogen (secondary N) is 1. The number of rotatable bonds is 5. The van der Waals surface area contributed by atoms with Crippen molar-refractivity contribution < 1.29 is 4.79 Å². The van der Waals surface area contributed by atoms with Crippen LogP contribution in [0.15, 0.2) is 65.5 Å². The van der Waals surface area contributed by atoms with Gasteiger partial charge in [-0.2, -0.15) is 5.10 Å². The van der Waals surface area contributed by atoms with Crippen molar-refractivity contribution in [1.82, 2.24) is 29.8 Å². The summed E-state index contributed by atoms with van der Waals surface area (Å²) in [5.74, 6) is 0.0932. The first-order chi connectivity index (χ1) is 13.6. The standard InChI is InChI=1S/C19H16BrN7O/c1-13-18(23-25-27(13)16-6-2-5-15(20)10-16)19(28)22-17-7-9-26(24-17)12-14-4-3-8-21-11-14/h2-11H,12H2,1H3,(H,22,24,28). The van der Waals surface area contributed by atoms with Crippen LogP contribution in [0.5, 0.6) is 0 Å². The van der Waals surface area contributed by atoms with Crippen LogP contribution >= 0.6 is 15.9 Å². The average molecular weight is 438 g/mol. The second kappa shape index (κ2) is 7.73. The van der Waals surface area contributed by atoms with Gasteiger partial charge in [0.15, 0.2) is 11.5 Å². The van der Waals surface area contributed by atoms with Crippen LogP contribution in [-0.2, 0) is 6.54 Å². The molecule has 1 amide bonds. The number of pyridine rings is 1. The third-order valence-electron chi connectivity index (χ3n) is 4.11. The van der Waals surface area contributed by atoms with E-state index in [9.17, 15) is 4.79 Å². The topological polar surface area (TPSA) is 90.5 Å². The van der Waals surface area contributed by atoms with Gasteiger partial charge in [0.1, 0.15) is 0 Å². The van der Waals surface area contributed by atoms with Crippen molar-refractivity contribution in [2.24, 2.45) is 0 Å². The highest BCUT2D eigenvalue weighted by Gasteiger charge is 2.18. The van der Waals surface area contributed by atoms with Gasteiger partial charge in [0, 0.05) is 29.1 Å². The number of nitrogens with zero attached hydrogens (tertiary/aromatic N) is 6. The molecule has 3 heterocycles. The highest BCUT2D eigenvalue weighted by Crippen LogP contribution is 2.18. The lowest BCUT2D eigenvalue weighted by atomic mass is 10.3. The van der Waals surface area contributed by atoms with E-state index in [0.717, 1.165) is 15.7 Å². The van der Waals surface area contributed by atoms with Gasteiger partial charge < -0.3 is 5.32 Å². The Morgan fingerprint density at radius 2 is 2.11 bits per heavy atom. The van der Waals surface area contributed by atoms with Gasteiger partial charge in [0.25, 0.3) is 5.91 Å². The molecule has 0 bridgehead atoms. The number of benzene rings is 1. The molecule has 0 saturated heterocycles. The maximum atomic E-state index is 12.6. The smallest absolute Gasteiger partial charge is 0.279 e. The summed E-state index contributed by atoms with van der Waals surface area (Å²) in [4.78, 5) is 16.7. The predicted octanol–water partition coefficient (Wildman–Crippen LogP) is 3.23. The van der Waals surface area contributed by atoms with E-state index in [4.69, 9.17) is 0 Å². The Labute approximate surface area is 169 Å². The van der Waals surface area contributed by atoms with Crippen molar-refractivity contribution in [1.29, 1.82) is 0 Å². The molecule has 0 fully saturated rings. The molecule has 0 spiro atoms. The van der Waals surface area contributed by atoms with Crippen LogP contribution in [0.25, 0.3) is 5.69 Å². The minimum Gasteiger partial charge on any atom is -0.304 e. The van der Waals surface area contributed by atoms with E-state index in [1.807, 2.05) is 36.4 Å². The fraction of sp³-hybridized carbons (Fsp3) is 0.105. The second-order valence-electron chi connectivity index (χ2n) is 6.13. The summed E-state index contributed by atoms with van der Waals surface area (Å²) in [5, 5.41) is 15.3. The Morgan fingerprint density at radius 1 is 1.21 bits per heavy atom. The van der Waals surface area contributed by atoms with Crippen LogP contribution in [-0.4, -0.2) is 35.7 Å². The summed E-state index contributed by atoms with van der Waals surface area (Å²) >= 11 is 3.43. The van der Waals surface area contributed by atoms with E-state index in [2.05, 4.69) is 41.6 Å². The lowest BCUT2D eigenvalue weighted by Crippen LogP contribution is -2.15. The maximum Gasteiger partial charge on any atom is 0.279 e. The minimum atomic E-state index is -0.356. The molecule has 4 rings (SSSR count). The molecular formula is C19H16BrN7O. The van der Waals surface area contributed by atoms with Crippen molar-refractivity contribution in [3.8, 4) is 5.69 Å². The van der Waals surface area contributed by atoms with Gasteiger partial charge in [-0.15, -0.1) is 5.10 Å². The van der Waals surface area contributed by atoms with Gasteiger partial charge in [-0.3, -0.25) is 14.5 Å². The summed E-state index contributed by atoms with van der Waals surface area (Å²) < 4.78 is 4.28. The van der Waals surface area contributed by atoms with Crippen LogP contribution in [0.1, 0.15) is 21.7 Å². The normalized spacial score (nSPS) is 10.8. The highest BCUT2D eigenvalue weighted by atomic mass is 79.9. The first kappa shape index (κ1) is 18.1. The molecule has 0 aliphatic rings. The fourth-order valence-corrected chi connectivity index (χ4v) is 3.15. The second-order valence-corrected chi connectivity index (χ2v) is 7.04. The number of anilines is 1. The van der Waals surface area contributed by atoms with Gasteiger partial charge in [-0.25, -0.2) is 4.68 Å². The number of carbonyl (C=O) groups is 1. The number of amides is 1. The van der Waals surface area contributed by atoms with Crippen LogP contribution in [0, 0.1) is 6.92 Å². The summed E-state index contributed by atoms with van der Waals surface area (Å²) in [6.45, 7) is 2.37. The van der Waals surface area contributed by atoms with E-state index in [0.29, 0.717) is 18.1 Å². The number of hydrogen-bond acceptors (Lipinski definition) is 5. The van der Waals surface area contributed by atoms with Gasteiger partial charge in [-0.1, -0.05) is 33.3 Å². The molecule has 4 aromatic rings. The molecule has 1 aromatic carbocycles. The molecule has 28 heavy (non-hydrogen) atoms. The van der Waals surface area contributed by atoms with E-state index < -0.39 is 0 Å². The van der Waals surface area contributed by atoms with Gasteiger partial charge >= 0.3 is 0 Å². The molecule has 1 N–H and O–H groups in total. The lowest BCUT2D eigenvalue weighted by molar-refractivity contribution is 0.102. The molecule has 0 radical (unpaired) electrons. The molecule has 0 aliphatic heterocycles. The zero-order valence-corrected chi connectivity index (χ0v) is 16.5. The predicted molar refractivity (Wildman–Crippen MR) is 107 cm³/mol. The van der Waals surface area contributed by atoms with Crippen LogP contribution in [0.3, 0.4) is 0 Å². The summed E-state index contributed by atoms with van der Waals surface area (Å²) in [6.07, 6.45) is 5.30. The molecule has 0 unspecified atom stereocenters. The maximum absolute atomic E-state index is 12.6. The zero-order chi connectivity index (χ0) is 19.5. The summed E-state index contributed by atoms with van der Waals surface area (Å²) in [6, 6.07) is 13.2. The number of carbonyl (C=O) groups excluding carboxylic acids is 1. The van der Waals surface area contributed by atoms with Crippen LogP contribution in [0.4, 0.5) is 5.82 Å². The Kier molecular flexibility index (Phi) is 4.98. The van der Waals surface area contributed by atoms with Crippen LogP contribution in [0.2, 0.25) is 0 Å². The first-order valence-corrected chi connectivity index (χ1v) is 9.31. The van der Waals surface area contributed by atoms with E-state index >= 15 is 0 Å². The van der Waals surface area contributed by atoms with Gasteiger partial charge in [0.2, 0.25) is 0 Å². The molecule has 140 valence electrons. The van der Waals surface area contributed by atoms with Crippen molar-refractivity contribution >= 4 is 27.7 Å². The SMILES string of the molecule is Cc1c(C(=O)Nc2ccn(Cc3cccnc3)n2)nnn1-c1cccc(Br)c1. The summed E-state index contributed by atoms with van der Waals surface area (Å²) in [5.41, 5.74) is 2.74. The average Bonchev–Trinajstić information content (AvgIpc) is 3.29. The molecule has 3 aromatic heterocycles. The van der Waals surface area contributed by atoms with Gasteiger partial charge in [0.05, 0.1) is 17.9 Å². The largest absolute Gasteiger partial charge is 0.304 e. The highest BCUT2D eigenvalue weighted by molar-refractivity contribution is 9.10. The van der Waals surface area contributed by atoms with Crippen molar-refractivity contribution in [2.45, 2.75) is 13.5 Å². The van der Waals surface area contributed by atoms with E-state index in [1.165, 1.54) is 0 Å². The zero-order valence-electron chi connectivity index (χ0n) is 15.0. The molecule has 9 heteroatoms. The number of halogens is 1. The third kappa shape index (κ3) is 3.84. The third-order valence-corrected chi connectivity index (χ3v) is 4.61. The molecule has 8 nitrogen and oxygen atoms in total. The molecule has 0 atom stereocenters. The number of aromatic nitrogens is 6. The van der Waals surface area contributed by atoms with Crippen molar-refractivity contribution in [3.63, 3.8) is 0 Å². The quantitative estimate of drug-likeness (QED) is 0.517. The molecule has 0 aliphatic carbocycles. The monoisotopic (exact) mass is 437 g/mol. The lowest BCUT2D eigenvalue weighted by Gasteiger charge is -2.04. The van der Waals surface area contributed by atoms with Crippen molar-refractivity contribution in [2.75, 3.05) is 5.32 Å². The van der Waals surface area contributed by atoms with Crippen LogP contribution < -0.4 is 5.32 Å². The molecule has 0 saturated carbocycles.